The Labute approximate surface area is 95.6 Å². The molecule has 1 aliphatic carbocycles. The molecule has 0 amide bonds. The standard InChI is InChI=1S/C13H16N2O/c14-15-12-6-8-13(9-7-12)16-10-11-4-2-1-3-5-11/h1-4,6-9,11,15H,5,10,14H2. The van der Waals surface area contributed by atoms with Crippen molar-refractivity contribution in [2.75, 3.05) is 12.0 Å². The average Bonchev–Trinajstić information content (AvgIpc) is 2.38. The normalized spacial score (nSPS) is 18.4. The summed E-state index contributed by atoms with van der Waals surface area (Å²) in [5.41, 5.74) is 3.47. The van der Waals surface area contributed by atoms with Crippen LogP contribution >= 0.6 is 0 Å². The Morgan fingerprint density at radius 2 is 2.06 bits per heavy atom. The van der Waals surface area contributed by atoms with Gasteiger partial charge in [-0.2, -0.15) is 0 Å². The number of hydrogen-bond donors (Lipinski definition) is 2. The van der Waals surface area contributed by atoms with E-state index in [-0.39, 0.29) is 0 Å². The zero-order valence-corrected chi connectivity index (χ0v) is 9.10. The Hall–Kier alpha value is -1.74. The summed E-state index contributed by atoms with van der Waals surface area (Å²) >= 11 is 0. The fraction of sp³-hybridized carbons (Fsp3) is 0.231. The molecule has 0 aromatic heterocycles. The van der Waals surface area contributed by atoms with Crippen molar-refractivity contribution < 1.29 is 4.74 Å². The summed E-state index contributed by atoms with van der Waals surface area (Å²) in [4.78, 5) is 0. The second-order valence-electron chi connectivity index (χ2n) is 3.79. The van der Waals surface area contributed by atoms with Crippen molar-refractivity contribution in [3.05, 3.63) is 48.6 Å². The number of anilines is 1. The van der Waals surface area contributed by atoms with E-state index in [1.54, 1.807) is 0 Å². The fourth-order valence-corrected chi connectivity index (χ4v) is 1.61. The summed E-state index contributed by atoms with van der Waals surface area (Å²) in [6.45, 7) is 0.718. The molecular formula is C13H16N2O. The summed E-state index contributed by atoms with van der Waals surface area (Å²) in [5, 5.41) is 0. The molecule has 0 radical (unpaired) electrons. The van der Waals surface area contributed by atoms with Crippen molar-refractivity contribution in [3.63, 3.8) is 0 Å². The summed E-state index contributed by atoms with van der Waals surface area (Å²) < 4.78 is 5.69. The molecule has 16 heavy (non-hydrogen) atoms. The third kappa shape index (κ3) is 2.87. The van der Waals surface area contributed by atoms with E-state index in [0.717, 1.165) is 24.5 Å². The van der Waals surface area contributed by atoms with Gasteiger partial charge in [-0.3, -0.25) is 5.84 Å². The highest BCUT2D eigenvalue weighted by atomic mass is 16.5. The molecule has 1 unspecified atom stereocenters. The predicted molar refractivity (Wildman–Crippen MR) is 66.1 cm³/mol. The summed E-state index contributed by atoms with van der Waals surface area (Å²) in [6, 6.07) is 7.62. The molecule has 2 rings (SSSR count). The smallest absolute Gasteiger partial charge is 0.119 e. The van der Waals surface area contributed by atoms with Crippen molar-refractivity contribution in [1.29, 1.82) is 0 Å². The first-order valence-corrected chi connectivity index (χ1v) is 5.41. The molecule has 1 aromatic carbocycles. The molecule has 3 nitrogen and oxygen atoms in total. The van der Waals surface area contributed by atoms with Crippen LogP contribution < -0.4 is 16.0 Å². The van der Waals surface area contributed by atoms with Crippen LogP contribution in [0.1, 0.15) is 6.42 Å². The van der Waals surface area contributed by atoms with E-state index in [0.29, 0.717) is 5.92 Å². The minimum atomic E-state index is 0.484. The lowest BCUT2D eigenvalue weighted by atomic mass is 10.0. The van der Waals surface area contributed by atoms with Gasteiger partial charge in [-0.25, -0.2) is 0 Å². The van der Waals surface area contributed by atoms with Gasteiger partial charge in [-0.15, -0.1) is 0 Å². The van der Waals surface area contributed by atoms with Gasteiger partial charge >= 0.3 is 0 Å². The Morgan fingerprint density at radius 3 is 2.69 bits per heavy atom. The molecule has 1 atom stereocenters. The molecule has 0 bridgehead atoms. The molecule has 0 heterocycles. The molecule has 0 saturated heterocycles. The average molecular weight is 216 g/mol. The first-order chi connectivity index (χ1) is 7.88. The Balaban J connectivity index is 1.84. The van der Waals surface area contributed by atoms with Gasteiger partial charge in [0.05, 0.1) is 6.61 Å². The first kappa shape index (κ1) is 10.8. The van der Waals surface area contributed by atoms with Gasteiger partial charge in [-0.1, -0.05) is 24.3 Å². The number of nitrogens with one attached hydrogen (secondary N) is 1. The number of benzene rings is 1. The van der Waals surface area contributed by atoms with Crippen LogP contribution in [-0.4, -0.2) is 6.61 Å². The zero-order valence-electron chi connectivity index (χ0n) is 9.10. The second kappa shape index (κ2) is 5.37. The molecular weight excluding hydrogens is 200 g/mol. The van der Waals surface area contributed by atoms with E-state index < -0.39 is 0 Å². The monoisotopic (exact) mass is 216 g/mol. The maximum Gasteiger partial charge on any atom is 0.119 e. The molecule has 1 aliphatic rings. The highest BCUT2D eigenvalue weighted by Gasteiger charge is 2.05. The van der Waals surface area contributed by atoms with Gasteiger partial charge in [0.25, 0.3) is 0 Å². The largest absolute Gasteiger partial charge is 0.493 e. The zero-order chi connectivity index (χ0) is 11.2. The lowest BCUT2D eigenvalue weighted by molar-refractivity contribution is 0.276. The quantitative estimate of drug-likeness (QED) is 0.600. The van der Waals surface area contributed by atoms with E-state index in [1.807, 2.05) is 24.3 Å². The van der Waals surface area contributed by atoms with E-state index in [1.165, 1.54) is 0 Å². The van der Waals surface area contributed by atoms with Crippen LogP contribution in [0.25, 0.3) is 0 Å². The molecule has 0 spiro atoms. The number of nitrogen functional groups attached to an aromatic ring is 1. The number of hydrazine groups is 1. The van der Waals surface area contributed by atoms with Crippen LogP contribution in [-0.2, 0) is 0 Å². The van der Waals surface area contributed by atoms with Gasteiger partial charge in [0.15, 0.2) is 0 Å². The highest BCUT2D eigenvalue weighted by molar-refractivity contribution is 5.45. The van der Waals surface area contributed by atoms with Gasteiger partial charge in [0, 0.05) is 11.6 Å². The Bertz CT molecular complexity index is 381. The van der Waals surface area contributed by atoms with Crippen LogP contribution in [0, 0.1) is 5.92 Å². The van der Waals surface area contributed by atoms with E-state index in [4.69, 9.17) is 10.6 Å². The molecule has 3 N–H and O–H groups in total. The van der Waals surface area contributed by atoms with Crippen molar-refractivity contribution in [2.24, 2.45) is 11.8 Å². The van der Waals surface area contributed by atoms with E-state index in [2.05, 4.69) is 29.7 Å². The van der Waals surface area contributed by atoms with Crippen molar-refractivity contribution in [2.45, 2.75) is 6.42 Å². The third-order valence-electron chi connectivity index (χ3n) is 2.55. The summed E-state index contributed by atoms with van der Waals surface area (Å²) in [7, 11) is 0. The van der Waals surface area contributed by atoms with Crippen molar-refractivity contribution in [1.82, 2.24) is 0 Å². The summed E-state index contributed by atoms with van der Waals surface area (Å²) in [6.07, 6.45) is 9.53. The number of hydrogen-bond acceptors (Lipinski definition) is 3. The predicted octanol–water partition coefficient (Wildman–Crippen LogP) is 2.48. The Kier molecular flexibility index (Phi) is 3.62. The molecule has 0 aliphatic heterocycles. The molecule has 0 saturated carbocycles. The Morgan fingerprint density at radius 1 is 1.25 bits per heavy atom. The SMILES string of the molecule is NNc1ccc(OCC2C=CC=CC2)cc1. The minimum Gasteiger partial charge on any atom is -0.493 e. The minimum absolute atomic E-state index is 0.484. The highest BCUT2D eigenvalue weighted by Crippen LogP contribution is 2.17. The van der Waals surface area contributed by atoms with E-state index in [9.17, 15) is 0 Å². The van der Waals surface area contributed by atoms with Gasteiger partial charge < -0.3 is 10.2 Å². The number of rotatable bonds is 4. The van der Waals surface area contributed by atoms with Crippen LogP contribution in [0.15, 0.2) is 48.6 Å². The van der Waals surface area contributed by atoms with Gasteiger partial charge in [-0.05, 0) is 30.7 Å². The summed E-state index contributed by atoms with van der Waals surface area (Å²) in [5.74, 6) is 6.64. The van der Waals surface area contributed by atoms with Gasteiger partial charge in [0.1, 0.15) is 5.75 Å². The molecule has 0 fully saturated rings. The third-order valence-corrected chi connectivity index (χ3v) is 2.55. The van der Waals surface area contributed by atoms with E-state index >= 15 is 0 Å². The van der Waals surface area contributed by atoms with Crippen molar-refractivity contribution >= 4 is 5.69 Å². The van der Waals surface area contributed by atoms with Crippen LogP contribution in [0.4, 0.5) is 5.69 Å². The fourth-order valence-electron chi connectivity index (χ4n) is 1.61. The topological polar surface area (TPSA) is 47.3 Å². The maximum atomic E-state index is 5.69. The van der Waals surface area contributed by atoms with Crippen LogP contribution in [0.2, 0.25) is 0 Å². The molecule has 1 aromatic rings. The number of ether oxygens (including phenoxy) is 1. The number of allylic oxidation sites excluding steroid dienone is 3. The lowest BCUT2D eigenvalue weighted by Crippen LogP contribution is -2.10. The van der Waals surface area contributed by atoms with Gasteiger partial charge in [0.2, 0.25) is 0 Å². The first-order valence-electron chi connectivity index (χ1n) is 5.41. The maximum absolute atomic E-state index is 5.69. The molecule has 3 heteroatoms. The van der Waals surface area contributed by atoms with Crippen LogP contribution in [0.5, 0.6) is 5.75 Å². The number of nitrogens with two attached hydrogens (primary N) is 1. The van der Waals surface area contributed by atoms with Crippen molar-refractivity contribution in [3.8, 4) is 5.75 Å². The van der Waals surface area contributed by atoms with Crippen LogP contribution in [0.3, 0.4) is 0 Å². The lowest BCUT2D eigenvalue weighted by Gasteiger charge is -2.14. The molecule has 84 valence electrons. The second-order valence-corrected chi connectivity index (χ2v) is 3.79.